The van der Waals surface area contributed by atoms with Crippen molar-refractivity contribution in [3.8, 4) is 17.0 Å². The average Bonchev–Trinajstić information content (AvgIpc) is 3.26. The zero-order chi connectivity index (χ0) is 13.9. The lowest BCUT2D eigenvalue weighted by Crippen LogP contribution is -1.98. The van der Waals surface area contributed by atoms with Crippen molar-refractivity contribution in [1.29, 1.82) is 0 Å². The molecule has 0 aliphatic heterocycles. The SMILES string of the molecule is CCCc1c(-c2ccc(OC3CC3)cc2)[nH]cnc1=S. The van der Waals surface area contributed by atoms with E-state index in [1.54, 1.807) is 6.33 Å². The van der Waals surface area contributed by atoms with E-state index in [-0.39, 0.29) is 0 Å². The highest BCUT2D eigenvalue weighted by atomic mass is 32.1. The number of H-pyrrole nitrogens is 1. The summed E-state index contributed by atoms with van der Waals surface area (Å²) in [6.45, 7) is 2.15. The molecule has 0 saturated heterocycles. The summed E-state index contributed by atoms with van der Waals surface area (Å²) in [7, 11) is 0. The second kappa shape index (κ2) is 5.75. The van der Waals surface area contributed by atoms with E-state index in [9.17, 15) is 0 Å². The highest BCUT2D eigenvalue weighted by Gasteiger charge is 2.23. The molecule has 3 rings (SSSR count). The number of hydrogen-bond acceptors (Lipinski definition) is 3. The third-order valence-electron chi connectivity index (χ3n) is 3.42. The zero-order valence-electron chi connectivity index (χ0n) is 11.6. The highest BCUT2D eigenvalue weighted by Crippen LogP contribution is 2.29. The van der Waals surface area contributed by atoms with Gasteiger partial charge in [0.25, 0.3) is 0 Å². The number of ether oxygens (including phenoxy) is 1. The lowest BCUT2D eigenvalue weighted by atomic mass is 10.0. The molecule has 2 aromatic rings. The Kier molecular flexibility index (Phi) is 3.83. The Labute approximate surface area is 124 Å². The van der Waals surface area contributed by atoms with Gasteiger partial charge in [-0.1, -0.05) is 25.6 Å². The summed E-state index contributed by atoms with van der Waals surface area (Å²) < 4.78 is 6.47. The summed E-state index contributed by atoms with van der Waals surface area (Å²) >= 11 is 5.34. The normalized spacial score (nSPS) is 14.2. The maximum absolute atomic E-state index is 5.77. The van der Waals surface area contributed by atoms with E-state index in [1.807, 2.05) is 12.1 Å². The van der Waals surface area contributed by atoms with Crippen molar-refractivity contribution < 1.29 is 4.74 Å². The van der Waals surface area contributed by atoms with E-state index in [0.29, 0.717) is 10.7 Å². The Balaban J connectivity index is 1.91. The second-order valence-corrected chi connectivity index (χ2v) is 5.54. The number of aromatic amines is 1. The third-order valence-corrected chi connectivity index (χ3v) is 3.77. The van der Waals surface area contributed by atoms with Crippen molar-refractivity contribution in [1.82, 2.24) is 9.97 Å². The van der Waals surface area contributed by atoms with E-state index in [4.69, 9.17) is 17.0 Å². The van der Waals surface area contributed by atoms with Crippen LogP contribution in [0.15, 0.2) is 30.6 Å². The van der Waals surface area contributed by atoms with Crippen LogP contribution in [0.4, 0.5) is 0 Å². The van der Waals surface area contributed by atoms with Crippen LogP contribution in [0, 0.1) is 4.64 Å². The molecule has 20 heavy (non-hydrogen) atoms. The predicted octanol–water partition coefficient (Wildman–Crippen LogP) is 4.30. The molecule has 1 aliphatic rings. The van der Waals surface area contributed by atoms with Gasteiger partial charge >= 0.3 is 0 Å². The Morgan fingerprint density at radius 1 is 1.30 bits per heavy atom. The van der Waals surface area contributed by atoms with Crippen molar-refractivity contribution in [3.05, 3.63) is 40.8 Å². The molecule has 4 heteroatoms. The number of rotatable bonds is 5. The first-order valence-corrected chi connectivity index (χ1v) is 7.52. The molecular weight excluding hydrogens is 268 g/mol. The van der Waals surface area contributed by atoms with Gasteiger partial charge in [0.05, 0.1) is 18.1 Å². The molecule has 1 aromatic carbocycles. The predicted molar refractivity (Wildman–Crippen MR) is 82.5 cm³/mol. The van der Waals surface area contributed by atoms with Gasteiger partial charge in [-0.3, -0.25) is 0 Å². The van der Waals surface area contributed by atoms with Crippen LogP contribution in [-0.2, 0) is 6.42 Å². The van der Waals surface area contributed by atoms with Crippen LogP contribution < -0.4 is 4.74 Å². The zero-order valence-corrected chi connectivity index (χ0v) is 12.4. The van der Waals surface area contributed by atoms with Crippen molar-refractivity contribution in [2.45, 2.75) is 38.7 Å². The summed E-state index contributed by atoms with van der Waals surface area (Å²) in [5.74, 6) is 0.945. The molecular formula is C16H18N2OS. The molecule has 0 bridgehead atoms. The van der Waals surface area contributed by atoms with Gasteiger partial charge < -0.3 is 9.72 Å². The summed E-state index contributed by atoms with van der Waals surface area (Å²) in [6, 6.07) is 8.22. The van der Waals surface area contributed by atoms with Crippen molar-refractivity contribution in [3.63, 3.8) is 0 Å². The van der Waals surface area contributed by atoms with Gasteiger partial charge in [0.1, 0.15) is 10.4 Å². The topological polar surface area (TPSA) is 37.9 Å². The van der Waals surface area contributed by atoms with Crippen LogP contribution in [-0.4, -0.2) is 16.1 Å². The molecule has 1 aliphatic carbocycles. The van der Waals surface area contributed by atoms with Crippen LogP contribution in [0.5, 0.6) is 5.75 Å². The average molecular weight is 286 g/mol. The van der Waals surface area contributed by atoms with Gasteiger partial charge in [-0.2, -0.15) is 0 Å². The van der Waals surface area contributed by atoms with E-state index < -0.39 is 0 Å². The Morgan fingerprint density at radius 2 is 2.05 bits per heavy atom. The second-order valence-electron chi connectivity index (χ2n) is 5.15. The van der Waals surface area contributed by atoms with Gasteiger partial charge in [0.15, 0.2) is 0 Å². The van der Waals surface area contributed by atoms with Crippen molar-refractivity contribution >= 4 is 12.2 Å². The van der Waals surface area contributed by atoms with E-state index in [2.05, 4.69) is 29.0 Å². The smallest absolute Gasteiger partial charge is 0.133 e. The minimum absolute atomic E-state index is 0.434. The molecule has 1 saturated carbocycles. The molecule has 0 amide bonds. The fourth-order valence-corrected chi connectivity index (χ4v) is 2.50. The summed E-state index contributed by atoms with van der Waals surface area (Å²) in [5, 5.41) is 0. The maximum Gasteiger partial charge on any atom is 0.133 e. The van der Waals surface area contributed by atoms with E-state index >= 15 is 0 Å². The maximum atomic E-state index is 5.77. The molecule has 0 unspecified atom stereocenters. The number of aromatic nitrogens is 2. The molecule has 0 atom stereocenters. The first-order chi connectivity index (χ1) is 9.78. The number of nitrogens with zero attached hydrogens (tertiary/aromatic N) is 1. The van der Waals surface area contributed by atoms with Gasteiger partial charge in [-0.25, -0.2) is 4.98 Å². The first kappa shape index (κ1) is 13.3. The number of nitrogens with one attached hydrogen (secondary N) is 1. The minimum Gasteiger partial charge on any atom is -0.490 e. The highest BCUT2D eigenvalue weighted by molar-refractivity contribution is 7.71. The molecule has 104 valence electrons. The van der Waals surface area contributed by atoms with Crippen molar-refractivity contribution in [2.75, 3.05) is 0 Å². The summed E-state index contributed by atoms with van der Waals surface area (Å²) in [5.41, 5.74) is 3.33. The molecule has 1 fully saturated rings. The minimum atomic E-state index is 0.434. The lowest BCUT2D eigenvalue weighted by Gasteiger charge is -2.10. The Hall–Kier alpha value is -1.68. The van der Waals surface area contributed by atoms with Crippen LogP contribution in [0.3, 0.4) is 0 Å². The molecule has 3 nitrogen and oxygen atoms in total. The van der Waals surface area contributed by atoms with E-state index in [0.717, 1.165) is 35.4 Å². The lowest BCUT2D eigenvalue weighted by molar-refractivity contribution is 0.303. The number of benzene rings is 1. The summed E-state index contributed by atoms with van der Waals surface area (Å²) in [4.78, 5) is 7.42. The molecule has 0 radical (unpaired) electrons. The Morgan fingerprint density at radius 3 is 2.70 bits per heavy atom. The number of hydrogen-bond donors (Lipinski definition) is 1. The van der Waals surface area contributed by atoms with Crippen LogP contribution >= 0.6 is 12.2 Å². The van der Waals surface area contributed by atoms with Crippen molar-refractivity contribution in [2.24, 2.45) is 0 Å². The standard InChI is InChI=1S/C16H18N2OS/c1-2-3-14-15(17-10-18-16(14)20)11-4-6-12(7-5-11)19-13-8-9-13/h4-7,10,13H,2-3,8-9H2,1H3,(H,17,18,20). The van der Waals surface area contributed by atoms with Gasteiger partial charge in [0.2, 0.25) is 0 Å². The third kappa shape index (κ3) is 2.90. The van der Waals surface area contributed by atoms with Crippen LogP contribution in [0.25, 0.3) is 11.3 Å². The van der Waals surface area contributed by atoms with Crippen LogP contribution in [0.1, 0.15) is 31.7 Å². The molecule has 1 N–H and O–H groups in total. The van der Waals surface area contributed by atoms with Gasteiger partial charge in [-0.05, 0) is 49.1 Å². The first-order valence-electron chi connectivity index (χ1n) is 7.11. The van der Waals surface area contributed by atoms with Crippen LogP contribution in [0.2, 0.25) is 0 Å². The van der Waals surface area contributed by atoms with Gasteiger partial charge in [0, 0.05) is 5.56 Å². The molecule has 1 aromatic heterocycles. The van der Waals surface area contributed by atoms with Gasteiger partial charge in [-0.15, -0.1) is 0 Å². The molecule has 0 spiro atoms. The quantitative estimate of drug-likeness (QED) is 0.833. The molecule has 1 heterocycles. The monoisotopic (exact) mass is 286 g/mol. The summed E-state index contributed by atoms with van der Waals surface area (Å²) in [6.07, 6.45) is 6.46. The largest absolute Gasteiger partial charge is 0.490 e. The Bertz CT molecular complexity index is 644. The van der Waals surface area contributed by atoms with E-state index in [1.165, 1.54) is 12.8 Å². The fraction of sp³-hybridized carbons (Fsp3) is 0.375. The fourth-order valence-electron chi connectivity index (χ4n) is 2.25.